The van der Waals surface area contributed by atoms with Gasteiger partial charge in [0.1, 0.15) is 5.82 Å². The Morgan fingerprint density at radius 3 is 2.94 bits per heavy atom. The molecule has 4 N–H and O–H groups in total. The summed E-state index contributed by atoms with van der Waals surface area (Å²) in [7, 11) is 1.92. The Morgan fingerprint density at radius 1 is 1.53 bits per heavy atom. The van der Waals surface area contributed by atoms with Crippen LogP contribution >= 0.6 is 0 Å². The minimum atomic E-state index is 0.659. The highest BCUT2D eigenvalue weighted by molar-refractivity contribution is 5.64. The zero-order chi connectivity index (χ0) is 12.3. The summed E-state index contributed by atoms with van der Waals surface area (Å²) in [4.78, 5) is 0. The molecule has 5 nitrogen and oxygen atoms in total. The van der Waals surface area contributed by atoms with Gasteiger partial charge < -0.3 is 16.4 Å². The van der Waals surface area contributed by atoms with Crippen LogP contribution in [0.2, 0.25) is 0 Å². The molecule has 2 heterocycles. The molecule has 1 aromatic heterocycles. The van der Waals surface area contributed by atoms with E-state index in [1.807, 2.05) is 18.7 Å². The van der Waals surface area contributed by atoms with Crippen LogP contribution < -0.4 is 16.4 Å². The maximum absolute atomic E-state index is 5.96. The Balaban J connectivity index is 1.81. The van der Waals surface area contributed by atoms with E-state index in [0.29, 0.717) is 6.04 Å². The average Bonchev–Trinajstić information content (AvgIpc) is 2.57. The number of aryl methyl sites for hydroxylation is 2. The minimum Gasteiger partial charge on any atom is -0.394 e. The monoisotopic (exact) mass is 237 g/mol. The molecule has 0 spiro atoms. The Labute approximate surface area is 103 Å². The highest BCUT2D eigenvalue weighted by Crippen LogP contribution is 2.21. The number of rotatable bonds is 4. The van der Waals surface area contributed by atoms with Crippen molar-refractivity contribution in [2.75, 3.05) is 24.1 Å². The third-order valence-electron chi connectivity index (χ3n) is 3.47. The van der Waals surface area contributed by atoms with E-state index in [0.717, 1.165) is 36.7 Å². The number of piperidine rings is 1. The van der Waals surface area contributed by atoms with Crippen LogP contribution in [0.3, 0.4) is 0 Å². The predicted octanol–water partition coefficient (Wildman–Crippen LogP) is 1.25. The fourth-order valence-corrected chi connectivity index (χ4v) is 2.42. The van der Waals surface area contributed by atoms with Crippen LogP contribution in [-0.2, 0) is 7.05 Å². The van der Waals surface area contributed by atoms with Crippen molar-refractivity contribution in [3.8, 4) is 0 Å². The molecule has 0 bridgehead atoms. The maximum atomic E-state index is 5.96. The van der Waals surface area contributed by atoms with Crippen molar-refractivity contribution in [3.05, 3.63) is 5.69 Å². The molecular weight excluding hydrogens is 214 g/mol. The number of nitrogen functional groups attached to an aromatic ring is 1. The first kappa shape index (κ1) is 12.2. The summed E-state index contributed by atoms with van der Waals surface area (Å²) in [6.45, 7) is 4.04. The minimum absolute atomic E-state index is 0.659. The van der Waals surface area contributed by atoms with E-state index in [-0.39, 0.29) is 0 Å². The van der Waals surface area contributed by atoms with Gasteiger partial charge in [-0.2, -0.15) is 5.10 Å². The van der Waals surface area contributed by atoms with Gasteiger partial charge >= 0.3 is 0 Å². The zero-order valence-corrected chi connectivity index (χ0v) is 10.8. The Kier molecular flexibility index (Phi) is 3.89. The predicted molar refractivity (Wildman–Crippen MR) is 71.1 cm³/mol. The van der Waals surface area contributed by atoms with Gasteiger partial charge in [-0.15, -0.1) is 0 Å². The van der Waals surface area contributed by atoms with E-state index in [1.165, 1.54) is 19.3 Å². The van der Waals surface area contributed by atoms with Crippen molar-refractivity contribution >= 4 is 11.5 Å². The fraction of sp³-hybridized carbons (Fsp3) is 0.750. The molecular formula is C12H23N5. The summed E-state index contributed by atoms with van der Waals surface area (Å²) in [5.74, 6) is 0.943. The zero-order valence-electron chi connectivity index (χ0n) is 10.8. The Bertz CT molecular complexity index is 365. The van der Waals surface area contributed by atoms with Crippen LogP contribution in [0.4, 0.5) is 11.5 Å². The highest BCUT2D eigenvalue weighted by atomic mass is 15.3. The lowest BCUT2D eigenvalue weighted by molar-refractivity contribution is 0.388. The number of anilines is 2. The quantitative estimate of drug-likeness (QED) is 0.737. The first-order valence-corrected chi connectivity index (χ1v) is 6.45. The largest absolute Gasteiger partial charge is 0.394 e. The first-order valence-electron chi connectivity index (χ1n) is 6.45. The van der Waals surface area contributed by atoms with Crippen molar-refractivity contribution < 1.29 is 0 Å². The molecule has 1 aromatic rings. The van der Waals surface area contributed by atoms with Gasteiger partial charge in [-0.3, -0.25) is 4.68 Å². The van der Waals surface area contributed by atoms with Crippen LogP contribution in [0.1, 0.15) is 31.4 Å². The Morgan fingerprint density at radius 2 is 2.35 bits per heavy atom. The molecule has 0 aliphatic carbocycles. The van der Waals surface area contributed by atoms with E-state index in [4.69, 9.17) is 5.73 Å². The lowest BCUT2D eigenvalue weighted by atomic mass is 10.0. The first-order chi connectivity index (χ1) is 8.18. The van der Waals surface area contributed by atoms with Gasteiger partial charge in [0.05, 0.1) is 11.4 Å². The lowest BCUT2D eigenvalue weighted by Crippen LogP contribution is -2.35. The van der Waals surface area contributed by atoms with E-state index < -0.39 is 0 Å². The van der Waals surface area contributed by atoms with Gasteiger partial charge in [0.15, 0.2) is 0 Å². The summed E-state index contributed by atoms with van der Waals surface area (Å²) < 4.78 is 1.82. The molecule has 1 aliphatic heterocycles. The molecule has 1 saturated heterocycles. The van der Waals surface area contributed by atoms with Gasteiger partial charge in [0, 0.05) is 19.6 Å². The molecule has 0 radical (unpaired) electrons. The molecule has 1 fully saturated rings. The van der Waals surface area contributed by atoms with Crippen LogP contribution in [0.15, 0.2) is 0 Å². The van der Waals surface area contributed by atoms with Crippen LogP contribution in [0, 0.1) is 6.92 Å². The second kappa shape index (κ2) is 5.40. The van der Waals surface area contributed by atoms with Crippen LogP contribution in [0.25, 0.3) is 0 Å². The Hall–Kier alpha value is -1.23. The fourth-order valence-electron chi connectivity index (χ4n) is 2.42. The van der Waals surface area contributed by atoms with Crippen molar-refractivity contribution in [2.45, 2.75) is 38.6 Å². The van der Waals surface area contributed by atoms with Gasteiger partial charge in [-0.05, 0) is 32.7 Å². The third-order valence-corrected chi connectivity index (χ3v) is 3.47. The van der Waals surface area contributed by atoms with Gasteiger partial charge in [0.25, 0.3) is 0 Å². The topological polar surface area (TPSA) is 67.9 Å². The number of hydrogen-bond acceptors (Lipinski definition) is 4. The van der Waals surface area contributed by atoms with Crippen LogP contribution in [-0.4, -0.2) is 28.9 Å². The molecule has 1 atom stereocenters. The van der Waals surface area contributed by atoms with E-state index in [9.17, 15) is 0 Å². The van der Waals surface area contributed by atoms with Gasteiger partial charge in [-0.1, -0.05) is 6.42 Å². The summed E-state index contributed by atoms with van der Waals surface area (Å²) in [6, 6.07) is 0.659. The third kappa shape index (κ3) is 2.91. The standard InChI is InChI=1S/C12H23N5/c1-9-11(13)12(17(2)16-9)15-8-6-10-5-3-4-7-14-10/h10,14-15H,3-8,13H2,1-2H3. The smallest absolute Gasteiger partial charge is 0.147 e. The summed E-state index contributed by atoms with van der Waals surface area (Å²) in [6.07, 6.45) is 5.10. The number of nitrogens with zero attached hydrogens (tertiary/aromatic N) is 2. The van der Waals surface area contributed by atoms with Crippen molar-refractivity contribution in [3.63, 3.8) is 0 Å². The second-order valence-corrected chi connectivity index (χ2v) is 4.83. The van der Waals surface area contributed by atoms with E-state index in [2.05, 4.69) is 15.7 Å². The summed E-state index contributed by atoms with van der Waals surface area (Å²) >= 11 is 0. The average molecular weight is 237 g/mol. The molecule has 1 aliphatic rings. The number of aromatic nitrogens is 2. The molecule has 17 heavy (non-hydrogen) atoms. The van der Waals surface area contributed by atoms with E-state index >= 15 is 0 Å². The maximum Gasteiger partial charge on any atom is 0.147 e. The summed E-state index contributed by atoms with van der Waals surface area (Å²) in [5.41, 5.74) is 7.62. The van der Waals surface area contributed by atoms with Crippen molar-refractivity contribution in [1.29, 1.82) is 0 Å². The van der Waals surface area contributed by atoms with E-state index in [1.54, 1.807) is 0 Å². The number of nitrogens with two attached hydrogens (primary N) is 1. The molecule has 2 rings (SSSR count). The van der Waals surface area contributed by atoms with Crippen molar-refractivity contribution in [1.82, 2.24) is 15.1 Å². The molecule has 0 amide bonds. The van der Waals surface area contributed by atoms with Gasteiger partial charge in [0.2, 0.25) is 0 Å². The molecule has 5 heteroatoms. The van der Waals surface area contributed by atoms with Crippen LogP contribution in [0.5, 0.6) is 0 Å². The number of hydrogen-bond donors (Lipinski definition) is 3. The highest BCUT2D eigenvalue weighted by Gasteiger charge is 2.13. The second-order valence-electron chi connectivity index (χ2n) is 4.83. The normalized spacial score (nSPS) is 20.5. The number of nitrogens with one attached hydrogen (secondary N) is 2. The molecule has 0 saturated carbocycles. The lowest BCUT2D eigenvalue weighted by Gasteiger charge is -2.23. The SMILES string of the molecule is Cc1nn(C)c(NCCC2CCCCN2)c1N. The molecule has 0 aromatic carbocycles. The van der Waals surface area contributed by atoms with Crippen molar-refractivity contribution in [2.24, 2.45) is 7.05 Å². The molecule has 96 valence electrons. The molecule has 1 unspecified atom stereocenters. The van der Waals surface area contributed by atoms with Gasteiger partial charge in [-0.25, -0.2) is 0 Å². The summed E-state index contributed by atoms with van der Waals surface area (Å²) in [5, 5.41) is 11.2.